The Hall–Kier alpha value is -1.79. The van der Waals surface area contributed by atoms with Gasteiger partial charge in [0.05, 0.1) is 18.2 Å². The zero-order valence-corrected chi connectivity index (χ0v) is 14.4. The molecule has 0 N–H and O–H groups in total. The third-order valence-corrected chi connectivity index (χ3v) is 5.10. The van der Waals surface area contributed by atoms with Crippen molar-refractivity contribution in [3.63, 3.8) is 0 Å². The first-order chi connectivity index (χ1) is 11.6. The van der Waals surface area contributed by atoms with E-state index in [0.717, 1.165) is 31.2 Å². The molecule has 1 aliphatic carbocycles. The van der Waals surface area contributed by atoms with Gasteiger partial charge in [-0.2, -0.15) is 0 Å². The van der Waals surface area contributed by atoms with E-state index in [0.29, 0.717) is 10.7 Å². The van der Waals surface area contributed by atoms with Gasteiger partial charge in [0.25, 0.3) is 0 Å². The van der Waals surface area contributed by atoms with Gasteiger partial charge in [-0.1, -0.05) is 12.1 Å². The molecule has 0 saturated heterocycles. The van der Waals surface area contributed by atoms with E-state index >= 15 is 0 Å². The van der Waals surface area contributed by atoms with Crippen molar-refractivity contribution in [2.75, 3.05) is 7.11 Å². The van der Waals surface area contributed by atoms with Crippen LogP contribution >= 0.6 is 11.3 Å². The minimum absolute atomic E-state index is 0.0717. The van der Waals surface area contributed by atoms with Gasteiger partial charge in [-0.05, 0) is 31.4 Å². The van der Waals surface area contributed by atoms with E-state index in [4.69, 9.17) is 9.47 Å². The average Bonchev–Trinajstić information content (AvgIpc) is 3.03. The maximum Gasteiger partial charge on any atom is 0.312 e. The van der Waals surface area contributed by atoms with Gasteiger partial charge < -0.3 is 9.47 Å². The number of carbonyl (C=O) groups is 1. The van der Waals surface area contributed by atoms with Crippen LogP contribution in [0.25, 0.3) is 10.6 Å². The highest BCUT2D eigenvalue weighted by molar-refractivity contribution is 7.13. The van der Waals surface area contributed by atoms with Crippen molar-refractivity contribution < 1.29 is 18.7 Å². The molecule has 1 aromatic heterocycles. The SMILES string of the molecule is COC1CCCC(OC(=O)Cc2csc(-c3cccc(F)c3)n2)C1. The number of rotatable bonds is 5. The van der Waals surface area contributed by atoms with Gasteiger partial charge in [0.15, 0.2) is 0 Å². The van der Waals surface area contributed by atoms with E-state index in [-0.39, 0.29) is 30.4 Å². The first-order valence-corrected chi connectivity index (χ1v) is 8.94. The number of methoxy groups -OCH3 is 1. The summed E-state index contributed by atoms with van der Waals surface area (Å²) in [6.45, 7) is 0. The Labute approximate surface area is 144 Å². The number of esters is 1. The molecule has 128 valence electrons. The molecule has 6 heteroatoms. The molecule has 4 nitrogen and oxygen atoms in total. The zero-order valence-electron chi connectivity index (χ0n) is 13.5. The predicted molar refractivity (Wildman–Crippen MR) is 90.4 cm³/mol. The molecule has 1 heterocycles. The lowest BCUT2D eigenvalue weighted by Crippen LogP contribution is -2.29. The van der Waals surface area contributed by atoms with Crippen molar-refractivity contribution in [1.82, 2.24) is 4.98 Å². The van der Waals surface area contributed by atoms with E-state index in [2.05, 4.69) is 4.98 Å². The molecule has 1 saturated carbocycles. The third kappa shape index (κ3) is 4.39. The van der Waals surface area contributed by atoms with Crippen LogP contribution in [-0.2, 0) is 20.7 Å². The first-order valence-electron chi connectivity index (χ1n) is 8.06. The summed E-state index contributed by atoms with van der Waals surface area (Å²) in [4.78, 5) is 16.5. The minimum Gasteiger partial charge on any atom is -0.462 e. The fraction of sp³-hybridized carbons (Fsp3) is 0.444. The largest absolute Gasteiger partial charge is 0.462 e. The molecule has 0 radical (unpaired) electrons. The Kier molecular flexibility index (Phi) is 5.58. The highest BCUT2D eigenvalue weighted by Crippen LogP contribution is 2.26. The summed E-state index contributed by atoms with van der Waals surface area (Å²) in [7, 11) is 1.69. The summed E-state index contributed by atoms with van der Waals surface area (Å²) < 4.78 is 24.2. The smallest absolute Gasteiger partial charge is 0.312 e. The van der Waals surface area contributed by atoms with Crippen molar-refractivity contribution in [3.8, 4) is 10.6 Å². The fourth-order valence-corrected chi connectivity index (χ4v) is 3.76. The molecule has 0 bridgehead atoms. The fourth-order valence-electron chi connectivity index (χ4n) is 2.94. The van der Waals surface area contributed by atoms with Gasteiger partial charge in [0.1, 0.15) is 16.9 Å². The number of ether oxygens (including phenoxy) is 2. The molecule has 1 aliphatic rings. The molecule has 24 heavy (non-hydrogen) atoms. The normalized spacial score (nSPS) is 20.8. The quantitative estimate of drug-likeness (QED) is 0.766. The lowest BCUT2D eigenvalue weighted by molar-refractivity contribution is -0.151. The van der Waals surface area contributed by atoms with Gasteiger partial charge in [-0.25, -0.2) is 9.37 Å². The molecule has 2 unspecified atom stereocenters. The molecule has 0 amide bonds. The van der Waals surface area contributed by atoms with Crippen LogP contribution in [0.4, 0.5) is 4.39 Å². The number of benzene rings is 1. The molecule has 1 aromatic carbocycles. The van der Waals surface area contributed by atoms with Crippen LogP contribution in [-0.4, -0.2) is 30.3 Å². The van der Waals surface area contributed by atoms with Crippen LogP contribution in [0.1, 0.15) is 31.4 Å². The lowest BCUT2D eigenvalue weighted by Gasteiger charge is -2.27. The van der Waals surface area contributed by atoms with Crippen LogP contribution in [0.15, 0.2) is 29.6 Å². The number of nitrogens with zero attached hydrogens (tertiary/aromatic N) is 1. The van der Waals surface area contributed by atoms with Crippen molar-refractivity contribution in [2.24, 2.45) is 0 Å². The van der Waals surface area contributed by atoms with E-state index in [1.807, 2.05) is 5.38 Å². The van der Waals surface area contributed by atoms with Gasteiger partial charge in [0, 0.05) is 24.5 Å². The van der Waals surface area contributed by atoms with Crippen LogP contribution in [0.3, 0.4) is 0 Å². The zero-order chi connectivity index (χ0) is 16.9. The lowest BCUT2D eigenvalue weighted by atomic mass is 9.95. The van der Waals surface area contributed by atoms with Gasteiger partial charge in [-0.15, -0.1) is 11.3 Å². The summed E-state index contributed by atoms with van der Waals surface area (Å²) in [5.41, 5.74) is 1.37. The Bertz CT molecular complexity index is 703. The van der Waals surface area contributed by atoms with Crippen molar-refractivity contribution in [3.05, 3.63) is 41.2 Å². The third-order valence-electron chi connectivity index (χ3n) is 4.16. The van der Waals surface area contributed by atoms with Gasteiger partial charge >= 0.3 is 5.97 Å². The van der Waals surface area contributed by atoms with Crippen LogP contribution in [0.5, 0.6) is 0 Å². The van der Waals surface area contributed by atoms with E-state index in [9.17, 15) is 9.18 Å². The molecule has 1 fully saturated rings. The second kappa shape index (κ2) is 7.85. The Morgan fingerprint density at radius 1 is 1.38 bits per heavy atom. The Balaban J connectivity index is 1.57. The van der Waals surface area contributed by atoms with Gasteiger partial charge in [0.2, 0.25) is 0 Å². The molecule has 2 atom stereocenters. The summed E-state index contributed by atoms with van der Waals surface area (Å²) in [6, 6.07) is 6.28. The maximum absolute atomic E-state index is 13.3. The van der Waals surface area contributed by atoms with Crippen LogP contribution < -0.4 is 0 Å². The molecule has 0 aliphatic heterocycles. The molecular formula is C18H20FNO3S. The topological polar surface area (TPSA) is 48.4 Å². The minimum atomic E-state index is -0.298. The van der Waals surface area contributed by atoms with E-state index in [1.54, 1.807) is 19.2 Å². The number of carbonyl (C=O) groups excluding carboxylic acids is 1. The number of hydrogen-bond acceptors (Lipinski definition) is 5. The van der Waals surface area contributed by atoms with Gasteiger partial charge in [-0.3, -0.25) is 4.79 Å². The Morgan fingerprint density at radius 3 is 3.00 bits per heavy atom. The standard InChI is InChI=1S/C18H20FNO3S/c1-22-15-6-3-7-16(10-15)23-17(21)9-14-11-24-18(20-14)12-4-2-5-13(19)8-12/h2,4-5,8,11,15-16H,3,6-7,9-10H2,1H3. The second-order valence-electron chi connectivity index (χ2n) is 5.97. The number of aromatic nitrogens is 1. The van der Waals surface area contributed by atoms with Crippen LogP contribution in [0, 0.1) is 5.82 Å². The van der Waals surface area contributed by atoms with Crippen molar-refractivity contribution in [2.45, 2.75) is 44.3 Å². The molecule has 0 spiro atoms. The summed E-state index contributed by atoms with van der Waals surface area (Å²) in [6.07, 6.45) is 3.92. The van der Waals surface area contributed by atoms with Crippen LogP contribution in [0.2, 0.25) is 0 Å². The number of hydrogen-bond donors (Lipinski definition) is 0. The van der Waals surface area contributed by atoms with E-state index < -0.39 is 0 Å². The predicted octanol–water partition coefficient (Wildman–Crippen LogP) is 3.99. The average molecular weight is 349 g/mol. The summed E-state index contributed by atoms with van der Waals surface area (Å²) in [5, 5.41) is 2.52. The second-order valence-corrected chi connectivity index (χ2v) is 6.83. The summed E-state index contributed by atoms with van der Waals surface area (Å²) in [5.74, 6) is -0.568. The maximum atomic E-state index is 13.3. The molecule has 2 aromatic rings. The first kappa shape index (κ1) is 17.0. The molecule has 3 rings (SSSR count). The monoisotopic (exact) mass is 349 g/mol. The number of halogens is 1. The highest BCUT2D eigenvalue weighted by atomic mass is 32.1. The van der Waals surface area contributed by atoms with E-state index in [1.165, 1.54) is 23.5 Å². The van der Waals surface area contributed by atoms with Crippen molar-refractivity contribution in [1.29, 1.82) is 0 Å². The molecular weight excluding hydrogens is 329 g/mol. The highest BCUT2D eigenvalue weighted by Gasteiger charge is 2.25. The Morgan fingerprint density at radius 2 is 2.21 bits per heavy atom. The summed E-state index contributed by atoms with van der Waals surface area (Å²) >= 11 is 1.40. The number of thiazole rings is 1. The van der Waals surface area contributed by atoms with Crippen molar-refractivity contribution >= 4 is 17.3 Å².